The fraction of sp³-hybridized carbons (Fsp3) is 0.375. The summed E-state index contributed by atoms with van der Waals surface area (Å²) in [6, 6.07) is 13.7. The molecule has 6 rings (SSSR count). The minimum atomic E-state index is -0.511. The number of hydrogen-bond donors (Lipinski definition) is 1. The Morgan fingerprint density at radius 1 is 0.526 bits per heavy atom. The summed E-state index contributed by atoms with van der Waals surface area (Å²) in [7, 11) is 0. The molecule has 5 nitrogen and oxygen atoms in total. The maximum Gasteiger partial charge on any atom is 0.234 e. The van der Waals surface area contributed by atoms with Crippen molar-refractivity contribution in [2.24, 2.45) is 11.8 Å². The highest BCUT2D eigenvalue weighted by atomic mass is 35.5. The largest absolute Gasteiger partial charge is 0.507 e. The van der Waals surface area contributed by atoms with Crippen molar-refractivity contribution < 1.29 is 24.3 Å². The van der Waals surface area contributed by atoms with E-state index >= 15 is 0 Å². The molecular formula is C32H31ClO5. The number of ketones is 4. The highest BCUT2D eigenvalue weighted by Gasteiger charge is 2.37. The molecule has 0 aromatic heterocycles. The highest BCUT2D eigenvalue weighted by molar-refractivity contribution is 6.52. The Hall–Kier alpha value is -3.31. The Labute approximate surface area is 227 Å². The van der Waals surface area contributed by atoms with Crippen molar-refractivity contribution >= 4 is 40.5 Å². The lowest BCUT2D eigenvalue weighted by molar-refractivity contribution is -0.112. The first-order valence-corrected chi connectivity index (χ1v) is 14.0. The topological polar surface area (TPSA) is 88.5 Å². The van der Waals surface area contributed by atoms with Gasteiger partial charge in [-0.3, -0.25) is 19.2 Å². The molecule has 38 heavy (non-hydrogen) atoms. The van der Waals surface area contributed by atoms with Crippen LogP contribution in [0.3, 0.4) is 0 Å². The fourth-order valence-electron chi connectivity index (χ4n) is 6.28. The molecule has 2 aromatic carbocycles. The summed E-state index contributed by atoms with van der Waals surface area (Å²) in [6.07, 6.45) is 10.4. The summed E-state index contributed by atoms with van der Waals surface area (Å²) in [6.45, 7) is 0. The molecule has 0 atom stereocenters. The third-order valence-corrected chi connectivity index (χ3v) is 8.63. The summed E-state index contributed by atoms with van der Waals surface area (Å²) in [5.74, 6) is -1.02. The van der Waals surface area contributed by atoms with Crippen LogP contribution in [-0.4, -0.2) is 28.2 Å². The SMILES string of the molecule is O=C1C(=O)c2ccccc2C(O)=C1C1CCCCC1.O=C1C(Cl)=C(C2CCCCC2)C(=O)c2ccccc21. The molecule has 0 unspecified atom stereocenters. The molecule has 1 N–H and O–H groups in total. The van der Waals surface area contributed by atoms with Gasteiger partial charge < -0.3 is 5.11 Å². The number of Topliss-reactive ketones (excluding diaryl/α,β-unsaturated/α-hetero) is 4. The lowest BCUT2D eigenvalue weighted by atomic mass is 9.76. The number of allylic oxidation sites excluding steroid dienone is 3. The molecule has 0 amide bonds. The van der Waals surface area contributed by atoms with Gasteiger partial charge in [-0.1, -0.05) is 98.7 Å². The van der Waals surface area contributed by atoms with E-state index in [-0.39, 0.29) is 34.2 Å². The molecule has 0 saturated heterocycles. The molecule has 196 valence electrons. The monoisotopic (exact) mass is 530 g/mol. The van der Waals surface area contributed by atoms with E-state index in [9.17, 15) is 24.3 Å². The average molecular weight is 531 g/mol. The summed E-state index contributed by atoms with van der Waals surface area (Å²) in [5, 5.41) is 10.5. The van der Waals surface area contributed by atoms with Crippen LogP contribution in [0.4, 0.5) is 0 Å². The molecule has 2 fully saturated rings. The maximum atomic E-state index is 12.6. The van der Waals surface area contributed by atoms with Crippen LogP contribution in [-0.2, 0) is 4.79 Å². The van der Waals surface area contributed by atoms with E-state index in [0.29, 0.717) is 33.4 Å². The molecule has 0 bridgehead atoms. The predicted octanol–water partition coefficient (Wildman–Crippen LogP) is 7.44. The van der Waals surface area contributed by atoms with E-state index in [1.54, 1.807) is 48.5 Å². The van der Waals surface area contributed by atoms with E-state index in [0.717, 1.165) is 51.4 Å². The normalized spacial score (nSPS) is 20.7. The Bertz CT molecular complexity index is 1370. The first kappa shape index (κ1) is 26.3. The second-order valence-electron chi connectivity index (χ2n) is 10.6. The lowest BCUT2D eigenvalue weighted by Crippen LogP contribution is -2.29. The minimum absolute atomic E-state index is 0.0205. The third kappa shape index (κ3) is 4.80. The van der Waals surface area contributed by atoms with Crippen molar-refractivity contribution in [3.8, 4) is 0 Å². The van der Waals surface area contributed by atoms with E-state index in [1.165, 1.54) is 12.8 Å². The molecule has 2 saturated carbocycles. The zero-order valence-electron chi connectivity index (χ0n) is 21.3. The number of benzene rings is 2. The van der Waals surface area contributed by atoms with Gasteiger partial charge in [0.15, 0.2) is 5.78 Å². The number of aliphatic hydroxyl groups is 1. The molecule has 0 aliphatic heterocycles. The van der Waals surface area contributed by atoms with Gasteiger partial charge in [0.05, 0.1) is 5.03 Å². The standard InChI is InChI=1S/C16H15ClO2.C16H16O3/c17-14-13(10-6-2-1-3-7-10)15(18)11-8-4-5-9-12(11)16(14)19;17-14-11-8-4-5-9-12(11)15(18)16(19)13(14)10-6-2-1-3-7-10/h4-5,8-10H,1-3,6-7H2;4-5,8-10,17H,1-3,6-7H2. The predicted molar refractivity (Wildman–Crippen MR) is 146 cm³/mol. The zero-order valence-corrected chi connectivity index (χ0v) is 22.1. The van der Waals surface area contributed by atoms with Gasteiger partial charge in [0.25, 0.3) is 0 Å². The molecular weight excluding hydrogens is 500 g/mol. The van der Waals surface area contributed by atoms with Crippen LogP contribution < -0.4 is 0 Å². The molecule has 0 heterocycles. The molecule has 4 aliphatic rings. The molecule has 6 heteroatoms. The summed E-state index contributed by atoms with van der Waals surface area (Å²) in [4.78, 5) is 49.2. The zero-order chi connectivity index (χ0) is 26.8. The Kier molecular flexibility index (Phi) is 7.75. The summed E-state index contributed by atoms with van der Waals surface area (Å²) < 4.78 is 0. The van der Waals surface area contributed by atoms with Crippen molar-refractivity contribution in [2.75, 3.05) is 0 Å². The Balaban J connectivity index is 0.000000155. The van der Waals surface area contributed by atoms with Crippen molar-refractivity contribution in [1.82, 2.24) is 0 Å². The minimum Gasteiger partial charge on any atom is -0.507 e. The number of fused-ring (bicyclic) bond motifs is 2. The lowest BCUT2D eigenvalue weighted by Gasteiger charge is -2.27. The van der Waals surface area contributed by atoms with Crippen molar-refractivity contribution in [2.45, 2.75) is 64.2 Å². The van der Waals surface area contributed by atoms with Gasteiger partial charge in [-0.25, -0.2) is 0 Å². The van der Waals surface area contributed by atoms with E-state index in [4.69, 9.17) is 11.6 Å². The first-order valence-electron chi connectivity index (χ1n) is 13.6. The van der Waals surface area contributed by atoms with Crippen molar-refractivity contribution in [3.05, 3.63) is 87.0 Å². The van der Waals surface area contributed by atoms with Crippen LogP contribution >= 0.6 is 11.6 Å². The van der Waals surface area contributed by atoms with E-state index in [2.05, 4.69) is 0 Å². The fourth-order valence-corrected chi connectivity index (χ4v) is 6.62. The Morgan fingerprint density at radius 2 is 0.947 bits per heavy atom. The quantitative estimate of drug-likeness (QED) is 0.407. The van der Waals surface area contributed by atoms with Crippen LogP contribution in [0.1, 0.15) is 101 Å². The van der Waals surface area contributed by atoms with Gasteiger partial charge in [-0.05, 0) is 37.5 Å². The highest BCUT2D eigenvalue weighted by Crippen LogP contribution is 2.39. The summed E-state index contributed by atoms with van der Waals surface area (Å²) in [5.41, 5.74) is 2.69. The van der Waals surface area contributed by atoms with Crippen LogP contribution in [0.15, 0.2) is 64.7 Å². The van der Waals surface area contributed by atoms with Gasteiger partial charge in [-0.2, -0.15) is 0 Å². The van der Waals surface area contributed by atoms with Crippen LogP contribution in [0.25, 0.3) is 5.76 Å². The second kappa shape index (κ2) is 11.2. The van der Waals surface area contributed by atoms with Gasteiger partial charge >= 0.3 is 0 Å². The number of rotatable bonds is 2. The van der Waals surface area contributed by atoms with Crippen molar-refractivity contribution in [3.63, 3.8) is 0 Å². The van der Waals surface area contributed by atoms with E-state index in [1.807, 2.05) is 0 Å². The molecule has 0 radical (unpaired) electrons. The smallest absolute Gasteiger partial charge is 0.234 e. The molecule has 0 spiro atoms. The maximum absolute atomic E-state index is 12.6. The van der Waals surface area contributed by atoms with Gasteiger partial charge in [0.1, 0.15) is 5.76 Å². The first-order chi connectivity index (χ1) is 18.4. The van der Waals surface area contributed by atoms with Gasteiger partial charge in [-0.15, -0.1) is 0 Å². The second-order valence-corrected chi connectivity index (χ2v) is 10.9. The van der Waals surface area contributed by atoms with Gasteiger partial charge in [0.2, 0.25) is 17.3 Å². The number of aliphatic hydroxyl groups excluding tert-OH is 1. The van der Waals surface area contributed by atoms with Gasteiger partial charge in [0, 0.05) is 33.4 Å². The molecule has 4 aliphatic carbocycles. The molecule has 2 aromatic rings. The Morgan fingerprint density at radius 3 is 1.47 bits per heavy atom. The third-order valence-electron chi connectivity index (χ3n) is 8.26. The van der Waals surface area contributed by atoms with Crippen LogP contribution in [0.2, 0.25) is 0 Å². The van der Waals surface area contributed by atoms with E-state index < -0.39 is 11.6 Å². The van der Waals surface area contributed by atoms with Crippen LogP contribution in [0, 0.1) is 11.8 Å². The average Bonchev–Trinajstić information content (AvgIpc) is 2.96. The number of halogens is 1. The van der Waals surface area contributed by atoms with Crippen molar-refractivity contribution in [1.29, 1.82) is 0 Å². The number of carbonyl (C=O) groups is 4. The van der Waals surface area contributed by atoms with Crippen LogP contribution in [0.5, 0.6) is 0 Å². The number of carbonyl (C=O) groups excluding carboxylic acids is 4. The summed E-state index contributed by atoms with van der Waals surface area (Å²) >= 11 is 6.20. The number of hydrogen-bond acceptors (Lipinski definition) is 5.